The second-order valence-electron chi connectivity index (χ2n) is 6.87. The zero-order valence-electron chi connectivity index (χ0n) is 14.3. The standard InChI is InChI=1S/C22H23NO2/c23-16-22(18-12-6-2-7-13-18,19-14-8-3-9-15-19)20(21(24)25)17-10-4-1-5-11-17/h2-3,6-9,12-15,17,20H,1,4-5,10-11H2,(H,24,25). The smallest absolute Gasteiger partial charge is 0.309 e. The van der Waals surface area contributed by atoms with E-state index in [1.54, 1.807) is 0 Å². The second-order valence-corrected chi connectivity index (χ2v) is 6.87. The molecule has 1 unspecified atom stereocenters. The summed E-state index contributed by atoms with van der Waals surface area (Å²) in [6, 6.07) is 21.3. The van der Waals surface area contributed by atoms with Gasteiger partial charge in [-0.2, -0.15) is 5.26 Å². The third-order valence-electron chi connectivity index (χ3n) is 5.49. The molecule has 0 heterocycles. The van der Waals surface area contributed by atoms with E-state index in [0.717, 1.165) is 43.2 Å². The Morgan fingerprint density at radius 3 is 1.84 bits per heavy atom. The first kappa shape index (κ1) is 17.2. The number of carboxylic acid groups (broad SMARTS) is 1. The molecule has 3 rings (SSSR count). The van der Waals surface area contributed by atoms with Gasteiger partial charge >= 0.3 is 5.97 Å². The zero-order chi connectivity index (χ0) is 17.7. The van der Waals surface area contributed by atoms with E-state index in [1.165, 1.54) is 0 Å². The molecule has 1 fully saturated rings. The van der Waals surface area contributed by atoms with Crippen LogP contribution in [0.2, 0.25) is 0 Å². The lowest BCUT2D eigenvalue weighted by atomic mass is 9.60. The predicted molar refractivity (Wildman–Crippen MR) is 97.0 cm³/mol. The maximum Gasteiger partial charge on any atom is 0.309 e. The highest BCUT2D eigenvalue weighted by Crippen LogP contribution is 2.46. The topological polar surface area (TPSA) is 61.1 Å². The van der Waals surface area contributed by atoms with Crippen molar-refractivity contribution < 1.29 is 9.90 Å². The Hall–Kier alpha value is -2.60. The van der Waals surface area contributed by atoms with Crippen LogP contribution in [0.1, 0.15) is 43.2 Å². The van der Waals surface area contributed by atoms with Crippen LogP contribution in [0.4, 0.5) is 0 Å². The third kappa shape index (κ3) is 3.17. The summed E-state index contributed by atoms with van der Waals surface area (Å²) in [6.45, 7) is 0. The number of carboxylic acids is 1. The molecule has 0 radical (unpaired) electrons. The van der Waals surface area contributed by atoms with Gasteiger partial charge in [0.15, 0.2) is 0 Å². The number of hydrogen-bond acceptors (Lipinski definition) is 2. The maximum atomic E-state index is 12.4. The van der Waals surface area contributed by atoms with E-state index in [0.29, 0.717) is 0 Å². The molecule has 25 heavy (non-hydrogen) atoms. The van der Waals surface area contributed by atoms with Gasteiger partial charge in [-0.05, 0) is 29.9 Å². The quantitative estimate of drug-likeness (QED) is 0.856. The molecule has 0 spiro atoms. The largest absolute Gasteiger partial charge is 0.481 e. The summed E-state index contributed by atoms with van der Waals surface area (Å²) in [5, 5.41) is 20.5. The van der Waals surface area contributed by atoms with Gasteiger partial charge in [0.05, 0.1) is 12.0 Å². The van der Waals surface area contributed by atoms with Crippen LogP contribution in [0, 0.1) is 23.2 Å². The van der Waals surface area contributed by atoms with Crippen molar-refractivity contribution in [2.45, 2.75) is 37.5 Å². The van der Waals surface area contributed by atoms with Gasteiger partial charge in [0.25, 0.3) is 0 Å². The van der Waals surface area contributed by atoms with Gasteiger partial charge in [-0.25, -0.2) is 0 Å². The van der Waals surface area contributed by atoms with Crippen molar-refractivity contribution in [3.05, 3.63) is 71.8 Å². The average Bonchev–Trinajstić information content (AvgIpc) is 2.68. The van der Waals surface area contributed by atoms with E-state index in [2.05, 4.69) is 6.07 Å². The van der Waals surface area contributed by atoms with Crippen LogP contribution in [0.25, 0.3) is 0 Å². The first-order valence-corrected chi connectivity index (χ1v) is 8.95. The van der Waals surface area contributed by atoms with Crippen LogP contribution in [0.5, 0.6) is 0 Å². The van der Waals surface area contributed by atoms with Gasteiger partial charge in [-0.3, -0.25) is 4.79 Å². The molecule has 128 valence electrons. The van der Waals surface area contributed by atoms with Crippen molar-refractivity contribution in [1.29, 1.82) is 5.26 Å². The summed E-state index contributed by atoms with van der Waals surface area (Å²) in [5.74, 6) is -1.60. The van der Waals surface area contributed by atoms with Gasteiger partial charge in [-0.15, -0.1) is 0 Å². The van der Waals surface area contributed by atoms with Crippen molar-refractivity contribution in [2.75, 3.05) is 0 Å². The molecule has 1 aliphatic carbocycles. The van der Waals surface area contributed by atoms with Gasteiger partial charge in [-0.1, -0.05) is 79.9 Å². The second kappa shape index (κ2) is 7.53. The Bertz CT molecular complexity index is 703. The Morgan fingerprint density at radius 2 is 1.44 bits per heavy atom. The number of hydrogen-bond donors (Lipinski definition) is 1. The molecule has 0 bridgehead atoms. The SMILES string of the molecule is N#CC(c1ccccc1)(c1ccccc1)C(C(=O)O)C1CCCCC1. The fourth-order valence-corrected chi connectivity index (χ4v) is 4.33. The van der Waals surface area contributed by atoms with E-state index >= 15 is 0 Å². The Labute approximate surface area is 148 Å². The van der Waals surface area contributed by atoms with Crippen LogP contribution >= 0.6 is 0 Å². The number of rotatable bonds is 5. The van der Waals surface area contributed by atoms with Crippen molar-refractivity contribution in [2.24, 2.45) is 11.8 Å². The Morgan fingerprint density at radius 1 is 0.960 bits per heavy atom. The minimum Gasteiger partial charge on any atom is -0.481 e. The highest BCUT2D eigenvalue weighted by Gasteiger charge is 2.50. The number of nitrogens with zero attached hydrogens (tertiary/aromatic N) is 1. The van der Waals surface area contributed by atoms with Crippen LogP contribution in [-0.2, 0) is 10.2 Å². The van der Waals surface area contributed by atoms with Crippen LogP contribution in [0.3, 0.4) is 0 Å². The van der Waals surface area contributed by atoms with Gasteiger partial charge in [0.2, 0.25) is 0 Å². The molecule has 1 aliphatic rings. The van der Waals surface area contributed by atoms with Crippen LogP contribution in [0.15, 0.2) is 60.7 Å². The fourth-order valence-electron chi connectivity index (χ4n) is 4.33. The van der Waals surface area contributed by atoms with E-state index < -0.39 is 17.3 Å². The minimum atomic E-state index is -1.17. The number of carbonyl (C=O) groups is 1. The number of nitriles is 1. The zero-order valence-corrected chi connectivity index (χ0v) is 14.3. The fraction of sp³-hybridized carbons (Fsp3) is 0.364. The molecular formula is C22H23NO2. The highest BCUT2D eigenvalue weighted by atomic mass is 16.4. The Balaban J connectivity index is 2.22. The molecule has 1 saturated carbocycles. The molecule has 0 saturated heterocycles. The molecule has 3 nitrogen and oxygen atoms in total. The number of benzene rings is 2. The van der Waals surface area contributed by atoms with Gasteiger partial charge in [0, 0.05) is 0 Å². The van der Waals surface area contributed by atoms with E-state index in [-0.39, 0.29) is 5.92 Å². The van der Waals surface area contributed by atoms with Crippen molar-refractivity contribution in [1.82, 2.24) is 0 Å². The monoisotopic (exact) mass is 333 g/mol. The normalized spacial score (nSPS) is 16.8. The first-order valence-electron chi connectivity index (χ1n) is 8.95. The van der Waals surface area contributed by atoms with Crippen molar-refractivity contribution in [3.8, 4) is 6.07 Å². The molecule has 2 aromatic rings. The van der Waals surface area contributed by atoms with Gasteiger partial charge in [0.1, 0.15) is 5.41 Å². The molecule has 1 N–H and O–H groups in total. The molecule has 0 amide bonds. The summed E-state index contributed by atoms with van der Waals surface area (Å²) in [7, 11) is 0. The Kier molecular flexibility index (Phi) is 5.19. The molecule has 3 heteroatoms. The summed E-state index contributed by atoms with van der Waals surface area (Å²) in [6.07, 6.45) is 4.98. The predicted octanol–water partition coefficient (Wildman–Crippen LogP) is 4.78. The summed E-state index contributed by atoms with van der Waals surface area (Å²) in [4.78, 5) is 12.4. The van der Waals surface area contributed by atoms with E-state index in [4.69, 9.17) is 0 Å². The van der Waals surface area contributed by atoms with Crippen molar-refractivity contribution >= 4 is 5.97 Å². The van der Waals surface area contributed by atoms with E-state index in [9.17, 15) is 15.2 Å². The minimum absolute atomic E-state index is 0.0197. The molecule has 0 aliphatic heterocycles. The van der Waals surface area contributed by atoms with E-state index in [1.807, 2.05) is 60.7 Å². The lowest BCUT2D eigenvalue weighted by Crippen LogP contribution is -2.44. The van der Waals surface area contributed by atoms with Crippen LogP contribution < -0.4 is 0 Å². The number of aliphatic carboxylic acids is 1. The first-order chi connectivity index (χ1) is 12.2. The van der Waals surface area contributed by atoms with Crippen LogP contribution in [-0.4, -0.2) is 11.1 Å². The molecule has 0 aromatic heterocycles. The lowest BCUT2D eigenvalue weighted by Gasteiger charge is -2.39. The molecular weight excluding hydrogens is 310 g/mol. The lowest BCUT2D eigenvalue weighted by molar-refractivity contribution is -0.146. The third-order valence-corrected chi connectivity index (χ3v) is 5.49. The summed E-state index contributed by atoms with van der Waals surface area (Å²) in [5.41, 5.74) is 0.361. The van der Waals surface area contributed by atoms with Gasteiger partial charge < -0.3 is 5.11 Å². The molecule has 1 atom stereocenters. The average molecular weight is 333 g/mol. The highest BCUT2D eigenvalue weighted by molar-refractivity contribution is 5.76. The summed E-state index contributed by atoms with van der Waals surface area (Å²) < 4.78 is 0. The molecule has 2 aromatic carbocycles. The van der Waals surface area contributed by atoms with Crippen molar-refractivity contribution in [3.63, 3.8) is 0 Å². The maximum absolute atomic E-state index is 12.4. The summed E-state index contributed by atoms with van der Waals surface area (Å²) >= 11 is 0.